The van der Waals surface area contributed by atoms with Crippen molar-refractivity contribution in [3.63, 3.8) is 0 Å². The summed E-state index contributed by atoms with van der Waals surface area (Å²) in [5, 5.41) is 3.20. The van der Waals surface area contributed by atoms with Crippen LogP contribution in [0, 0.1) is 0 Å². The molecule has 14 heavy (non-hydrogen) atoms. The second-order valence-corrected chi connectivity index (χ2v) is 4.70. The molecule has 2 nitrogen and oxygen atoms in total. The van der Waals surface area contributed by atoms with Gasteiger partial charge in [-0.05, 0) is 28.1 Å². The van der Waals surface area contributed by atoms with Crippen LogP contribution in [0.15, 0.2) is 33.7 Å². The van der Waals surface area contributed by atoms with Gasteiger partial charge in [-0.25, -0.2) is 0 Å². The SMILES string of the molecule is C=C(Br)CNc1ccc(Br)c(OC)c1. The van der Waals surface area contributed by atoms with E-state index in [2.05, 4.69) is 43.8 Å². The lowest BCUT2D eigenvalue weighted by molar-refractivity contribution is 0.412. The molecule has 0 aliphatic rings. The summed E-state index contributed by atoms with van der Waals surface area (Å²) in [4.78, 5) is 0. The molecule has 1 rings (SSSR count). The average Bonchev–Trinajstić information content (AvgIpc) is 2.16. The lowest BCUT2D eigenvalue weighted by Gasteiger charge is -2.08. The van der Waals surface area contributed by atoms with E-state index in [0.717, 1.165) is 20.4 Å². The molecule has 0 atom stereocenters. The van der Waals surface area contributed by atoms with Gasteiger partial charge in [0.05, 0.1) is 11.6 Å². The molecule has 76 valence electrons. The van der Waals surface area contributed by atoms with Crippen molar-refractivity contribution in [1.29, 1.82) is 0 Å². The highest BCUT2D eigenvalue weighted by Crippen LogP contribution is 2.27. The Labute approximate surface area is 101 Å². The van der Waals surface area contributed by atoms with Crippen LogP contribution in [0.3, 0.4) is 0 Å². The molecule has 0 amide bonds. The third kappa shape index (κ3) is 3.35. The second-order valence-electron chi connectivity index (χ2n) is 2.72. The predicted octanol–water partition coefficient (Wildman–Crippen LogP) is 3.78. The summed E-state index contributed by atoms with van der Waals surface area (Å²) < 4.78 is 7.03. The molecule has 1 N–H and O–H groups in total. The molecule has 1 aromatic carbocycles. The molecule has 1 aromatic rings. The standard InChI is InChI=1S/C10H11Br2NO/c1-7(11)6-13-8-3-4-9(12)10(5-8)14-2/h3-5,13H,1,6H2,2H3. The Morgan fingerprint density at radius 2 is 2.29 bits per heavy atom. The maximum Gasteiger partial charge on any atom is 0.135 e. The molecule has 0 unspecified atom stereocenters. The average molecular weight is 321 g/mol. The highest BCUT2D eigenvalue weighted by molar-refractivity contribution is 9.11. The van der Waals surface area contributed by atoms with E-state index < -0.39 is 0 Å². The fraction of sp³-hybridized carbons (Fsp3) is 0.200. The van der Waals surface area contributed by atoms with Gasteiger partial charge in [0.25, 0.3) is 0 Å². The maximum atomic E-state index is 5.17. The molecule has 0 aliphatic heterocycles. The topological polar surface area (TPSA) is 21.3 Å². The van der Waals surface area contributed by atoms with Gasteiger partial charge in [-0.1, -0.05) is 22.5 Å². The van der Waals surface area contributed by atoms with E-state index in [0.29, 0.717) is 6.54 Å². The maximum absolute atomic E-state index is 5.17. The van der Waals surface area contributed by atoms with Gasteiger partial charge in [0.2, 0.25) is 0 Å². The first-order valence-corrected chi connectivity index (χ1v) is 5.63. The van der Waals surface area contributed by atoms with Crippen molar-refractivity contribution in [1.82, 2.24) is 0 Å². The Morgan fingerprint density at radius 3 is 2.86 bits per heavy atom. The van der Waals surface area contributed by atoms with E-state index in [-0.39, 0.29) is 0 Å². The van der Waals surface area contributed by atoms with Gasteiger partial charge in [-0.3, -0.25) is 0 Å². The first kappa shape index (κ1) is 11.6. The lowest BCUT2D eigenvalue weighted by atomic mass is 10.3. The molecule has 0 radical (unpaired) electrons. The van der Waals surface area contributed by atoms with Gasteiger partial charge in [0.1, 0.15) is 5.75 Å². The third-order valence-corrected chi connectivity index (χ3v) is 2.57. The fourth-order valence-corrected chi connectivity index (χ4v) is 1.52. The molecule has 0 fully saturated rings. The Morgan fingerprint density at radius 1 is 1.57 bits per heavy atom. The van der Waals surface area contributed by atoms with Gasteiger partial charge >= 0.3 is 0 Å². The smallest absolute Gasteiger partial charge is 0.135 e. The number of hydrogen-bond acceptors (Lipinski definition) is 2. The summed E-state index contributed by atoms with van der Waals surface area (Å²) in [7, 11) is 1.65. The predicted molar refractivity (Wildman–Crippen MR) is 67.3 cm³/mol. The number of hydrogen-bond donors (Lipinski definition) is 1. The minimum Gasteiger partial charge on any atom is -0.495 e. The summed E-state index contributed by atoms with van der Waals surface area (Å²) >= 11 is 6.68. The number of benzene rings is 1. The Balaban J connectivity index is 2.74. The highest BCUT2D eigenvalue weighted by Gasteiger charge is 2.00. The van der Waals surface area contributed by atoms with Gasteiger partial charge in [-0.2, -0.15) is 0 Å². The molecule has 0 saturated heterocycles. The molecule has 0 aliphatic carbocycles. The molecular weight excluding hydrogens is 310 g/mol. The van der Waals surface area contributed by atoms with Crippen LogP contribution in [0.1, 0.15) is 0 Å². The molecular formula is C10H11Br2NO. The lowest BCUT2D eigenvalue weighted by Crippen LogP contribution is -2.00. The van der Waals surface area contributed by atoms with E-state index >= 15 is 0 Å². The number of halogens is 2. The summed E-state index contributed by atoms with van der Waals surface area (Å²) in [6.45, 7) is 4.44. The van der Waals surface area contributed by atoms with Gasteiger partial charge < -0.3 is 10.1 Å². The van der Waals surface area contributed by atoms with Crippen LogP contribution < -0.4 is 10.1 Å². The number of nitrogens with one attached hydrogen (secondary N) is 1. The van der Waals surface area contributed by atoms with E-state index in [9.17, 15) is 0 Å². The second kappa shape index (κ2) is 5.41. The summed E-state index contributed by atoms with van der Waals surface area (Å²) in [5.41, 5.74) is 1.01. The summed E-state index contributed by atoms with van der Waals surface area (Å²) in [6.07, 6.45) is 0. The summed E-state index contributed by atoms with van der Waals surface area (Å²) in [5.74, 6) is 0.815. The van der Waals surface area contributed by atoms with E-state index in [1.165, 1.54) is 0 Å². The monoisotopic (exact) mass is 319 g/mol. The number of ether oxygens (including phenoxy) is 1. The Bertz CT molecular complexity index is 339. The van der Waals surface area contributed by atoms with Crippen LogP contribution in [0.5, 0.6) is 5.75 Å². The van der Waals surface area contributed by atoms with Gasteiger partial charge in [-0.15, -0.1) is 0 Å². The largest absolute Gasteiger partial charge is 0.495 e. The van der Waals surface area contributed by atoms with Gasteiger partial charge in [0, 0.05) is 22.8 Å². The molecule has 0 spiro atoms. The molecule has 4 heteroatoms. The van der Waals surface area contributed by atoms with Crippen molar-refractivity contribution in [2.45, 2.75) is 0 Å². The van der Waals surface area contributed by atoms with Crippen LogP contribution in [0.2, 0.25) is 0 Å². The molecule has 0 bridgehead atoms. The number of methoxy groups -OCH3 is 1. The van der Waals surface area contributed by atoms with E-state index in [1.54, 1.807) is 7.11 Å². The first-order chi connectivity index (χ1) is 6.63. The third-order valence-electron chi connectivity index (χ3n) is 1.64. The molecule has 0 heterocycles. The van der Waals surface area contributed by atoms with Crippen molar-refractivity contribution in [2.24, 2.45) is 0 Å². The number of rotatable bonds is 4. The molecule has 0 aromatic heterocycles. The van der Waals surface area contributed by atoms with E-state index in [4.69, 9.17) is 4.74 Å². The number of anilines is 1. The zero-order valence-electron chi connectivity index (χ0n) is 7.81. The Kier molecular flexibility index (Phi) is 4.48. The van der Waals surface area contributed by atoms with Crippen molar-refractivity contribution in [2.75, 3.05) is 19.0 Å². The normalized spacial score (nSPS) is 9.64. The minimum absolute atomic E-state index is 0.699. The van der Waals surface area contributed by atoms with Crippen molar-refractivity contribution >= 4 is 37.5 Å². The van der Waals surface area contributed by atoms with E-state index in [1.807, 2.05) is 18.2 Å². The summed E-state index contributed by atoms with van der Waals surface area (Å²) in [6, 6.07) is 5.85. The van der Waals surface area contributed by atoms with Crippen LogP contribution >= 0.6 is 31.9 Å². The van der Waals surface area contributed by atoms with Crippen LogP contribution in [-0.4, -0.2) is 13.7 Å². The van der Waals surface area contributed by atoms with Crippen molar-refractivity contribution in [3.8, 4) is 5.75 Å². The van der Waals surface area contributed by atoms with Crippen molar-refractivity contribution < 1.29 is 4.74 Å². The Hall–Kier alpha value is -0.480. The highest BCUT2D eigenvalue weighted by atomic mass is 79.9. The zero-order chi connectivity index (χ0) is 10.6. The van der Waals surface area contributed by atoms with Crippen LogP contribution in [0.25, 0.3) is 0 Å². The molecule has 0 saturated carbocycles. The van der Waals surface area contributed by atoms with Crippen molar-refractivity contribution in [3.05, 3.63) is 33.7 Å². The fourth-order valence-electron chi connectivity index (χ4n) is 0.968. The minimum atomic E-state index is 0.699. The van der Waals surface area contributed by atoms with Gasteiger partial charge in [0.15, 0.2) is 0 Å². The van der Waals surface area contributed by atoms with Crippen LogP contribution in [0.4, 0.5) is 5.69 Å². The van der Waals surface area contributed by atoms with Crippen LogP contribution in [-0.2, 0) is 0 Å². The quantitative estimate of drug-likeness (QED) is 0.911. The zero-order valence-corrected chi connectivity index (χ0v) is 11.0. The first-order valence-electron chi connectivity index (χ1n) is 4.04.